The molecule has 2 rings (SSSR count). The fourth-order valence-electron chi connectivity index (χ4n) is 2.85. The Hall–Kier alpha value is -1.82. The molecule has 0 N–H and O–H groups in total. The van der Waals surface area contributed by atoms with Crippen LogP contribution in [0.15, 0.2) is 41.3 Å². The van der Waals surface area contributed by atoms with Crippen LogP contribution in [-0.2, 0) is 19.4 Å². The van der Waals surface area contributed by atoms with Crippen molar-refractivity contribution in [2.45, 2.75) is 31.6 Å². The van der Waals surface area contributed by atoms with E-state index in [2.05, 4.69) is 19.1 Å². The van der Waals surface area contributed by atoms with Crippen molar-refractivity contribution in [1.29, 1.82) is 0 Å². The summed E-state index contributed by atoms with van der Waals surface area (Å²) >= 11 is 0. The van der Waals surface area contributed by atoms with E-state index in [1.807, 2.05) is 0 Å². The molecule has 0 bridgehead atoms. The maximum absolute atomic E-state index is 12.4. The highest BCUT2D eigenvalue weighted by Gasteiger charge is 2.26. The first-order valence-electron chi connectivity index (χ1n) is 8.52. The van der Waals surface area contributed by atoms with Crippen LogP contribution in [0.2, 0.25) is 0 Å². The second kappa shape index (κ2) is 8.52. The lowest BCUT2D eigenvalue weighted by molar-refractivity contribution is -0.149. The Morgan fingerprint density at radius 2 is 1.84 bits per heavy atom. The topological polar surface area (TPSA) is 69.7 Å². The zero-order valence-corrected chi connectivity index (χ0v) is 15.8. The average molecular weight is 366 g/mol. The van der Waals surface area contributed by atoms with Crippen molar-refractivity contribution >= 4 is 15.8 Å². The minimum Gasteiger partial charge on any atom is -0.497 e. The van der Waals surface area contributed by atoms with E-state index >= 15 is 0 Å². The minimum absolute atomic E-state index is 0.180. The molecule has 0 fully saturated rings. The van der Waals surface area contributed by atoms with Crippen LogP contribution in [0.4, 0.5) is 0 Å². The summed E-state index contributed by atoms with van der Waals surface area (Å²) in [5, 5.41) is 0. The van der Waals surface area contributed by atoms with E-state index in [1.165, 1.54) is 19.2 Å². The van der Waals surface area contributed by atoms with Crippen molar-refractivity contribution in [2.75, 3.05) is 19.5 Å². The second-order valence-corrected chi connectivity index (χ2v) is 8.70. The summed E-state index contributed by atoms with van der Waals surface area (Å²) < 4.78 is 35.3. The molecule has 3 unspecified atom stereocenters. The van der Waals surface area contributed by atoms with Crippen LogP contribution < -0.4 is 4.74 Å². The molecule has 1 aliphatic rings. The van der Waals surface area contributed by atoms with Gasteiger partial charge in [0.05, 0.1) is 30.3 Å². The van der Waals surface area contributed by atoms with Crippen molar-refractivity contribution in [3.8, 4) is 5.75 Å². The summed E-state index contributed by atoms with van der Waals surface area (Å²) in [6, 6.07) is 6.16. The Morgan fingerprint density at radius 1 is 1.20 bits per heavy atom. The van der Waals surface area contributed by atoms with Gasteiger partial charge in [-0.3, -0.25) is 4.79 Å². The summed E-state index contributed by atoms with van der Waals surface area (Å²) in [6.07, 6.45) is 6.14. The van der Waals surface area contributed by atoms with Gasteiger partial charge in [0, 0.05) is 0 Å². The number of esters is 1. The third-order valence-corrected chi connectivity index (χ3v) is 6.58. The first kappa shape index (κ1) is 19.5. The van der Waals surface area contributed by atoms with Crippen molar-refractivity contribution in [3.63, 3.8) is 0 Å². The van der Waals surface area contributed by atoms with Gasteiger partial charge in [-0.1, -0.05) is 26.0 Å². The summed E-state index contributed by atoms with van der Waals surface area (Å²) in [5.74, 6) is -0.0731. The van der Waals surface area contributed by atoms with E-state index in [9.17, 15) is 13.2 Å². The van der Waals surface area contributed by atoms with Gasteiger partial charge in [-0.25, -0.2) is 8.42 Å². The third kappa shape index (κ3) is 5.33. The summed E-state index contributed by atoms with van der Waals surface area (Å²) in [7, 11) is -2.03. The van der Waals surface area contributed by atoms with E-state index in [0.717, 1.165) is 12.8 Å². The first-order valence-corrected chi connectivity index (χ1v) is 10.2. The largest absolute Gasteiger partial charge is 0.497 e. The molecule has 0 saturated carbocycles. The molecule has 1 aromatic rings. The van der Waals surface area contributed by atoms with Crippen LogP contribution in [0.5, 0.6) is 5.75 Å². The van der Waals surface area contributed by atoms with E-state index < -0.39 is 21.7 Å². The molecule has 0 aromatic heterocycles. The number of carbonyl (C=O) groups excluding carboxylic acids is 1. The molecule has 0 saturated heterocycles. The molecule has 138 valence electrons. The predicted octanol–water partition coefficient (Wildman–Crippen LogP) is 3.25. The van der Waals surface area contributed by atoms with E-state index in [1.54, 1.807) is 19.1 Å². The maximum atomic E-state index is 12.4. The lowest BCUT2D eigenvalue weighted by atomic mass is 9.85. The molecule has 6 heteroatoms. The van der Waals surface area contributed by atoms with E-state index in [4.69, 9.17) is 9.47 Å². The molecule has 0 aliphatic heterocycles. The van der Waals surface area contributed by atoms with Crippen molar-refractivity contribution in [2.24, 2.45) is 17.8 Å². The molecule has 1 aromatic carbocycles. The molecule has 5 nitrogen and oxygen atoms in total. The fraction of sp³-hybridized carbons (Fsp3) is 0.526. The highest BCUT2D eigenvalue weighted by atomic mass is 32.2. The summed E-state index contributed by atoms with van der Waals surface area (Å²) in [4.78, 5) is 12.4. The Bertz CT molecular complexity index is 706. The molecule has 1 aliphatic carbocycles. The zero-order valence-electron chi connectivity index (χ0n) is 15.0. The van der Waals surface area contributed by atoms with Gasteiger partial charge in [-0.15, -0.1) is 0 Å². The van der Waals surface area contributed by atoms with Gasteiger partial charge in [0.2, 0.25) is 0 Å². The smallest absolute Gasteiger partial charge is 0.309 e. The van der Waals surface area contributed by atoms with Gasteiger partial charge >= 0.3 is 5.97 Å². The van der Waals surface area contributed by atoms with Crippen molar-refractivity contribution < 1.29 is 22.7 Å². The molecule has 25 heavy (non-hydrogen) atoms. The Kier molecular flexibility index (Phi) is 6.64. The van der Waals surface area contributed by atoms with Crippen LogP contribution in [0, 0.1) is 17.8 Å². The van der Waals surface area contributed by atoms with E-state index in [0.29, 0.717) is 24.2 Å². The van der Waals surface area contributed by atoms with Crippen LogP contribution in [-0.4, -0.2) is 33.9 Å². The van der Waals surface area contributed by atoms with Gasteiger partial charge < -0.3 is 9.47 Å². The quantitative estimate of drug-likeness (QED) is 0.547. The molecule has 0 amide bonds. The summed E-state index contributed by atoms with van der Waals surface area (Å²) in [6.45, 7) is 4.07. The highest BCUT2D eigenvalue weighted by Crippen LogP contribution is 2.25. The third-order valence-electron chi connectivity index (χ3n) is 4.65. The normalized spacial score (nSPS) is 21.6. The van der Waals surface area contributed by atoms with Crippen LogP contribution in [0.1, 0.15) is 26.7 Å². The highest BCUT2D eigenvalue weighted by molar-refractivity contribution is 7.91. The van der Waals surface area contributed by atoms with Crippen molar-refractivity contribution in [3.05, 3.63) is 36.4 Å². The molecule has 3 atom stereocenters. The molecular formula is C19H26O5S. The Labute approximate surface area is 149 Å². The van der Waals surface area contributed by atoms with Gasteiger partial charge in [-0.05, 0) is 48.9 Å². The predicted molar refractivity (Wildman–Crippen MR) is 96.2 cm³/mol. The number of allylic oxidation sites excluding steroid dienone is 2. The lowest BCUT2D eigenvalue weighted by Crippen LogP contribution is -2.27. The number of methoxy groups -OCH3 is 1. The van der Waals surface area contributed by atoms with Gasteiger partial charge in [-0.2, -0.15) is 0 Å². The number of sulfone groups is 1. The second-order valence-electron chi connectivity index (χ2n) is 6.67. The zero-order chi connectivity index (χ0) is 18.4. The average Bonchev–Trinajstić information content (AvgIpc) is 2.60. The van der Waals surface area contributed by atoms with Gasteiger partial charge in [0.15, 0.2) is 9.84 Å². The van der Waals surface area contributed by atoms with Gasteiger partial charge in [0.1, 0.15) is 5.75 Å². The molecule has 0 spiro atoms. The molecule has 0 heterocycles. The van der Waals surface area contributed by atoms with Crippen LogP contribution in [0.25, 0.3) is 0 Å². The summed E-state index contributed by atoms with van der Waals surface area (Å²) in [5.41, 5.74) is 0. The first-order chi connectivity index (χ1) is 11.8. The standard InChI is InChI=1S/C19H26O5S/c1-14-6-4-5-7-16(14)12-24-19(20)15(2)13-25(21,22)18-10-8-17(23-3)9-11-18/h4-5,8-11,14-16H,6-7,12-13H2,1-3H3. The number of hydrogen-bond donors (Lipinski definition) is 0. The van der Waals surface area contributed by atoms with Crippen LogP contribution >= 0.6 is 0 Å². The molecular weight excluding hydrogens is 340 g/mol. The SMILES string of the molecule is COc1ccc(S(=O)(=O)CC(C)C(=O)OCC2CC=CCC2C)cc1. The lowest BCUT2D eigenvalue weighted by Gasteiger charge is -2.25. The number of rotatable bonds is 7. The Balaban J connectivity index is 1.91. The van der Waals surface area contributed by atoms with E-state index in [-0.39, 0.29) is 10.6 Å². The fourth-order valence-corrected chi connectivity index (χ4v) is 4.38. The molecule has 0 radical (unpaired) electrons. The number of benzene rings is 1. The Morgan fingerprint density at radius 3 is 2.44 bits per heavy atom. The van der Waals surface area contributed by atoms with Crippen LogP contribution in [0.3, 0.4) is 0 Å². The monoisotopic (exact) mass is 366 g/mol. The van der Waals surface area contributed by atoms with Crippen molar-refractivity contribution in [1.82, 2.24) is 0 Å². The number of ether oxygens (including phenoxy) is 2. The maximum Gasteiger partial charge on any atom is 0.309 e. The minimum atomic E-state index is -3.55. The number of carbonyl (C=O) groups is 1. The van der Waals surface area contributed by atoms with Gasteiger partial charge in [0.25, 0.3) is 0 Å². The number of hydrogen-bond acceptors (Lipinski definition) is 5.